The van der Waals surface area contributed by atoms with Gasteiger partial charge in [0.25, 0.3) is 0 Å². The van der Waals surface area contributed by atoms with Crippen molar-refractivity contribution in [3.63, 3.8) is 0 Å². The highest BCUT2D eigenvalue weighted by Gasteiger charge is 2.11. The van der Waals surface area contributed by atoms with Gasteiger partial charge in [-0.05, 0) is 30.7 Å². The fourth-order valence-corrected chi connectivity index (χ4v) is 2.44. The van der Waals surface area contributed by atoms with Crippen LogP contribution in [0, 0.1) is 0 Å². The number of nitrogens with zero attached hydrogens (tertiary/aromatic N) is 2. The molecular formula is C16H21N3O2. The van der Waals surface area contributed by atoms with E-state index in [9.17, 15) is 0 Å². The van der Waals surface area contributed by atoms with Gasteiger partial charge in [0.05, 0.1) is 0 Å². The van der Waals surface area contributed by atoms with Crippen molar-refractivity contribution >= 4 is 0 Å². The Kier molecular flexibility index (Phi) is 4.40. The summed E-state index contributed by atoms with van der Waals surface area (Å²) in [7, 11) is 2.03. The molecule has 0 radical (unpaired) electrons. The quantitative estimate of drug-likeness (QED) is 0.819. The second kappa shape index (κ2) is 6.63. The van der Waals surface area contributed by atoms with Crippen LogP contribution in [0.25, 0.3) is 0 Å². The Hall–Kier alpha value is -2.01. The second-order valence-electron chi connectivity index (χ2n) is 5.18. The molecule has 0 aliphatic carbocycles. The Labute approximate surface area is 124 Å². The monoisotopic (exact) mass is 287 g/mol. The van der Waals surface area contributed by atoms with Gasteiger partial charge in [-0.1, -0.05) is 6.07 Å². The van der Waals surface area contributed by atoms with E-state index in [1.54, 1.807) is 0 Å². The summed E-state index contributed by atoms with van der Waals surface area (Å²) in [6.45, 7) is 3.17. The van der Waals surface area contributed by atoms with Crippen LogP contribution in [-0.4, -0.2) is 35.9 Å². The summed E-state index contributed by atoms with van der Waals surface area (Å²) in [5, 5.41) is 3.45. The predicted molar refractivity (Wildman–Crippen MR) is 80.9 cm³/mol. The van der Waals surface area contributed by atoms with E-state index in [1.807, 2.05) is 25.5 Å². The van der Waals surface area contributed by atoms with Gasteiger partial charge in [-0.2, -0.15) is 0 Å². The average molecular weight is 287 g/mol. The molecule has 0 saturated carbocycles. The minimum Gasteiger partial charge on any atom is -0.486 e. The van der Waals surface area contributed by atoms with Crippen molar-refractivity contribution < 1.29 is 9.47 Å². The molecule has 21 heavy (non-hydrogen) atoms. The molecule has 1 N–H and O–H groups in total. The van der Waals surface area contributed by atoms with Crippen LogP contribution in [0.3, 0.4) is 0 Å². The highest BCUT2D eigenvalue weighted by atomic mass is 16.6. The Balaban J connectivity index is 1.42. The normalized spacial score (nSPS) is 13.4. The van der Waals surface area contributed by atoms with Gasteiger partial charge in [0.2, 0.25) is 0 Å². The number of imidazole rings is 1. The number of ether oxygens (including phenoxy) is 2. The van der Waals surface area contributed by atoms with Crippen LogP contribution >= 0.6 is 0 Å². The highest BCUT2D eigenvalue weighted by Crippen LogP contribution is 2.30. The van der Waals surface area contributed by atoms with Gasteiger partial charge in [0.1, 0.15) is 19.0 Å². The fourth-order valence-electron chi connectivity index (χ4n) is 2.44. The number of rotatable bonds is 6. The lowest BCUT2D eigenvalue weighted by Crippen LogP contribution is -2.21. The lowest BCUT2D eigenvalue weighted by Gasteiger charge is -2.18. The Morgan fingerprint density at radius 2 is 1.95 bits per heavy atom. The van der Waals surface area contributed by atoms with E-state index in [0.717, 1.165) is 43.3 Å². The SMILES string of the molecule is Cn1ccnc1CCNCCc1ccc2c(c1)OCCO2. The molecule has 0 unspecified atom stereocenters. The van der Waals surface area contributed by atoms with Crippen LogP contribution < -0.4 is 14.8 Å². The lowest BCUT2D eigenvalue weighted by atomic mass is 10.1. The molecule has 3 rings (SSSR count). The molecule has 1 aliphatic heterocycles. The van der Waals surface area contributed by atoms with Gasteiger partial charge in [-0.15, -0.1) is 0 Å². The number of benzene rings is 1. The minimum atomic E-state index is 0.637. The van der Waals surface area contributed by atoms with Gasteiger partial charge < -0.3 is 19.4 Å². The Bertz CT molecular complexity index is 595. The molecule has 5 nitrogen and oxygen atoms in total. The molecule has 0 amide bonds. The van der Waals surface area contributed by atoms with Crippen molar-refractivity contribution in [2.75, 3.05) is 26.3 Å². The number of nitrogens with one attached hydrogen (secondary N) is 1. The Morgan fingerprint density at radius 1 is 1.14 bits per heavy atom. The minimum absolute atomic E-state index is 0.637. The molecule has 0 saturated heterocycles. The third kappa shape index (κ3) is 3.55. The molecular weight excluding hydrogens is 266 g/mol. The molecule has 1 aromatic heterocycles. The van der Waals surface area contributed by atoms with Crippen molar-refractivity contribution in [2.24, 2.45) is 7.05 Å². The van der Waals surface area contributed by atoms with Gasteiger partial charge in [-0.3, -0.25) is 0 Å². The first-order chi connectivity index (χ1) is 10.3. The summed E-state index contributed by atoms with van der Waals surface area (Å²) in [6, 6.07) is 6.18. The number of hydrogen-bond acceptors (Lipinski definition) is 4. The van der Waals surface area contributed by atoms with Crippen LogP contribution in [0.15, 0.2) is 30.6 Å². The molecule has 2 heterocycles. The highest BCUT2D eigenvalue weighted by molar-refractivity contribution is 5.43. The third-order valence-electron chi connectivity index (χ3n) is 3.64. The van der Waals surface area contributed by atoms with Crippen molar-refractivity contribution in [1.29, 1.82) is 0 Å². The maximum Gasteiger partial charge on any atom is 0.161 e. The van der Waals surface area contributed by atoms with Gasteiger partial charge in [-0.25, -0.2) is 4.98 Å². The smallest absolute Gasteiger partial charge is 0.161 e. The van der Waals surface area contributed by atoms with Crippen molar-refractivity contribution in [2.45, 2.75) is 12.8 Å². The van der Waals surface area contributed by atoms with Gasteiger partial charge in [0, 0.05) is 32.4 Å². The second-order valence-corrected chi connectivity index (χ2v) is 5.18. The molecule has 0 atom stereocenters. The summed E-state index contributed by atoms with van der Waals surface area (Å²) in [4.78, 5) is 4.31. The number of aromatic nitrogens is 2. The summed E-state index contributed by atoms with van der Waals surface area (Å²) >= 11 is 0. The summed E-state index contributed by atoms with van der Waals surface area (Å²) in [6.07, 6.45) is 5.75. The first kappa shape index (κ1) is 13.9. The van der Waals surface area contributed by atoms with E-state index in [4.69, 9.17) is 9.47 Å². The molecule has 0 bridgehead atoms. The van der Waals surface area contributed by atoms with Crippen molar-refractivity contribution in [1.82, 2.24) is 14.9 Å². The largest absolute Gasteiger partial charge is 0.486 e. The lowest BCUT2D eigenvalue weighted by molar-refractivity contribution is 0.171. The van der Waals surface area contributed by atoms with E-state index in [0.29, 0.717) is 13.2 Å². The van der Waals surface area contributed by atoms with E-state index in [-0.39, 0.29) is 0 Å². The average Bonchev–Trinajstić information content (AvgIpc) is 2.92. The zero-order valence-electron chi connectivity index (χ0n) is 12.3. The molecule has 5 heteroatoms. The van der Waals surface area contributed by atoms with Gasteiger partial charge in [0.15, 0.2) is 11.5 Å². The molecule has 0 fully saturated rings. The van der Waals surface area contributed by atoms with E-state index in [1.165, 1.54) is 5.56 Å². The molecule has 1 aliphatic rings. The maximum absolute atomic E-state index is 5.60. The number of hydrogen-bond donors (Lipinski definition) is 1. The van der Waals surface area contributed by atoms with Crippen molar-refractivity contribution in [3.05, 3.63) is 42.0 Å². The topological polar surface area (TPSA) is 48.3 Å². The predicted octanol–water partition coefficient (Wildman–Crippen LogP) is 1.57. The van der Waals surface area contributed by atoms with Crippen LogP contribution in [0.2, 0.25) is 0 Å². The standard InChI is InChI=1S/C16H21N3O2/c1-19-9-8-18-16(19)5-7-17-6-4-13-2-3-14-15(12-13)21-11-10-20-14/h2-3,8-9,12,17H,4-7,10-11H2,1H3. The molecule has 0 spiro atoms. The zero-order chi connectivity index (χ0) is 14.5. The van der Waals surface area contributed by atoms with Crippen LogP contribution in [0.4, 0.5) is 0 Å². The number of fused-ring (bicyclic) bond motifs is 1. The first-order valence-corrected chi connectivity index (χ1v) is 7.38. The third-order valence-corrected chi connectivity index (χ3v) is 3.64. The summed E-state index contributed by atoms with van der Waals surface area (Å²) < 4.78 is 13.2. The van der Waals surface area contributed by atoms with Crippen LogP contribution in [-0.2, 0) is 19.9 Å². The summed E-state index contributed by atoms with van der Waals surface area (Å²) in [5.74, 6) is 2.83. The van der Waals surface area contributed by atoms with Crippen molar-refractivity contribution in [3.8, 4) is 11.5 Å². The molecule has 2 aromatic rings. The summed E-state index contributed by atoms with van der Waals surface area (Å²) in [5.41, 5.74) is 1.27. The fraction of sp³-hybridized carbons (Fsp3) is 0.438. The molecule has 112 valence electrons. The zero-order valence-corrected chi connectivity index (χ0v) is 12.3. The number of aryl methyl sites for hydroxylation is 1. The van der Waals surface area contributed by atoms with Gasteiger partial charge >= 0.3 is 0 Å². The van der Waals surface area contributed by atoms with E-state index in [2.05, 4.69) is 27.0 Å². The maximum atomic E-state index is 5.60. The van der Waals surface area contributed by atoms with Crippen LogP contribution in [0.5, 0.6) is 11.5 Å². The van der Waals surface area contributed by atoms with Crippen LogP contribution in [0.1, 0.15) is 11.4 Å². The van der Waals surface area contributed by atoms with E-state index < -0.39 is 0 Å². The molecule has 1 aromatic carbocycles. The van der Waals surface area contributed by atoms with E-state index >= 15 is 0 Å². The first-order valence-electron chi connectivity index (χ1n) is 7.38. The Morgan fingerprint density at radius 3 is 2.76 bits per heavy atom.